The van der Waals surface area contributed by atoms with E-state index in [2.05, 4.69) is 0 Å². The van der Waals surface area contributed by atoms with Crippen molar-refractivity contribution in [2.45, 2.75) is 36.0 Å². The molecule has 0 saturated carbocycles. The predicted molar refractivity (Wildman–Crippen MR) is 35.7 cm³/mol. The SMILES string of the molecule is O=C([O-])C(F)(F)C(F)(F)C(F)(F)C(F)(F)C(F)(F)C(F)F.[Li+]. The maximum absolute atomic E-state index is 12.6. The second-order valence-corrected chi connectivity index (χ2v) is 3.51. The average molecular weight is 352 g/mol. The molecule has 0 aromatic rings. The van der Waals surface area contributed by atoms with Gasteiger partial charge in [-0.25, -0.2) is 8.78 Å². The number of carbonyl (C=O) groups excluding carboxylic acids is 1. The molecule has 126 valence electrons. The van der Waals surface area contributed by atoms with E-state index in [0.717, 1.165) is 0 Å². The molecule has 0 saturated heterocycles. The van der Waals surface area contributed by atoms with Crippen LogP contribution in [0.15, 0.2) is 0 Å². The fraction of sp³-hybridized carbons (Fsp3) is 0.857. The van der Waals surface area contributed by atoms with Crippen molar-refractivity contribution < 1.29 is 81.4 Å². The number of hydrogen-bond acceptors (Lipinski definition) is 2. The van der Waals surface area contributed by atoms with Gasteiger partial charge in [0.25, 0.3) is 0 Å². The van der Waals surface area contributed by atoms with Crippen LogP contribution >= 0.6 is 0 Å². The fourth-order valence-corrected chi connectivity index (χ4v) is 0.869. The van der Waals surface area contributed by atoms with Gasteiger partial charge < -0.3 is 9.90 Å². The number of carboxylic acid groups (broad SMARTS) is 1. The first-order chi connectivity index (χ1) is 8.89. The zero-order valence-corrected chi connectivity index (χ0v) is 9.93. The van der Waals surface area contributed by atoms with E-state index in [1.807, 2.05) is 0 Å². The molecule has 0 rings (SSSR count). The van der Waals surface area contributed by atoms with Gasteiger partial charge in [0.1, 0.15) is 5.97 Å². The van der Waals surface area contributed by atoms with Crippen LogP contribution < -0.4 is 24.0 Å². The molecule has 0 heterocycles. The van der Waals surface area contributed by atoms with Crippen molar-refractivity contribution in [3.05, 3.63) is 0 Å². The second kappa shape index (κ2) is 6.03. The van der Waals surface area contributed by atoms with Crippen molar-refractivity contribution in [2.75, 3.05) is 0 Å². The Labute approximate surface area is 124 Å². The summed E-state index contributed by atoms with van der Waals surface area (Å²) in [5.41, 5.74) is 0. The third-order valence-electron chi connectivity index (χ3n) is 2.13. The Balaban J connectivity index is 0. The molecule has 0 N–H and O–H groups in total. The summed E-state index contributed by atoms with van der Waals surface area (Å²) in [5.74, 6) is -41.7. The van der Waals surface area contributed by atoms with E-state index in [9.17, 15) is 62.6 Å². The standard InChI is InChI=1S/C7H2F12O2.Li/c8-1(9)3(10,11)5(14,15)7(18,19)6(16,17)4(12,13)2(20)21;/h1H,(H,20,21);/q;+1/p-1. The molecule has 0 aromatic heterocycles. The number of carbonyl (C=O) groups is 1. The molecule has 0 aromatic carbocycles. The van der Waals surface area contributed by atoms with Gasteiger partial charge in [0.15, 0.2) is 0 Å². The minimum atomic E-state index is -7.84. The molecule has 0 aliphatic rings. The zero-order chi connectivity index (χ0) is 17.7. The van der Waals surface area contributed by atoms with Crippen LogP contribution in [0.5, 0.6) is 0 Å². The number of alkyl halides is 12. The van der Waals surface area contributed by atoms with Crippen LogP contribution in [0.3, 0.4) is 0 Å². The normalized spacial score (nSPS) is 14.8. The number of carboxylic acids is 1. The maximum Gasteiger partial charge on any atom is 1.00 e. The largest absolute Gasteiger partial charge is 1.00 e. The van der Waals surface area contributed by atoms with Crippen LogP contribution in [0, 0.1) is 0 Å². The molecule has 0 fully saturated rings. The molecular weight excluding hydrogens is 351 g/mol. The first-order valence-corrected chi connectivity index (χ1v) is 4.27. The van der Waals surface area contributed by atoms with Crippen molar-refractivity contribution in [1.29, 1.82) is 0 Å². The Morgan fingerprint density at radius 2 is 1.05 bits per heavy atom. The first kappa shape index (κ1) is 23.5. The molecule has 0 spiro atoms. The smallest absolute Gasteiger partial charge is 0.544 e. The molecule has 0 bridgehead atoms. The zero-order valence-electron chi connectivity index (χ0n) is 9.93. The summed E-state index contributed by atoms with van der Waals surface area (Å²) < 4.78 is 147. The topological polar surface area (TPSA) is 40.1 Å². The molecule has 0 atom stereocenters. The van der Waals surface area contributed by atoms with E-state index in [1.54, 1.807) is 0 Å². The Morgan fingerprint density at radius 3 is 1.27 bits per heavy atom. The number of aliphatic carboxylic acids is 1. The quantitative estimate of drug-likeness (QED) is 0.463. The molecule has 0 aliphatic carbocycles. The van der Waals surface area contributed by atoms with E-state index in [-0.39, 0.29) is 18.9 Å². The van der Waals surface area contributed by atoms with Crippen LogP contribution in [0.2, 0.25) is 0 Å². The van der Waals surface area contributed by atoms with Gasteiger partial charge in [-0.3, -0.25) is 0 Å². The molecule has 15 heteroatoms. The Kier molecular flexibility index (Phi) is 6.43. The summed E-state index contributed by atoms with van der Waals surface area (Å²) in [4.78, 5) is 9.57. The van der Waals surface area contributed by atoms with E-state index in [4.69, 9.17) is 0 Å². The Hall–Kier alpha value is -0.773. The van der Waals surface area contributed by atoms with Crippen LogP contribution in [0.25, 0.3) is 0 Å². The summed E-state index contributed by atoms with van der Waals surface area (Å²) in [6, 6.07) is 0. The van der Waals surface area contributed by atoms with E-state index in [1.165, 1.54) is 0 Å². The van der Waals surface area contributed by atoms with Crippen LogP contribution in [0.1, 0.15) is 0 Å². The van der Waals surface area contributed by atoms with Crippen molar-refractivity contribution in [1.82, 2.24) is 0 Å². The first-order valence-electron chi connectivity index (χ1n) is 4.27. The number of halogens is 12. The molecule has 0 aliphatic heterocycles. The number of hydrogen-bond donors (Lipinski definition) is 0. The third kappa shape index (κ3) is 2.86. The summed E-state index contributed by atoms with van der Waals surface area (Å²) >= 11 is 0. The van der Waals surface area contributed by atoms with Crippen molar-refractivity contribution in [3.8, 4) is 0 Å². The summed E-state index contributed by atoms with van der Waals surface area (Å²) in [6.07, 6.45) is -5.63. The Morgan fingerprint density at radius 1 is 0.727 bits per heavy atom. The monoisotopic (exact) mass is 352 g/mol. The molecule has 2 nitrogen and oxygen atoms in total. The fourth-order valence-electron chi connectivity index (χ4n) is 0.869. The molecule has 22 heavy (non-hydrogen) atoms. The van der Waals surface area contributed by atoms with Crippen LogP contribution in [-0.2, 0) is 4.79 Å². The van der Waals surface area contributed by atoms with E-state index >= 15 is 0 Å². The van der Waals surface area contributed by atoms with Gasteiger partial charge in [0.2, 0.25) is 0 Å². The van der Waals surface area contributed by atoms with Gasteiger partial charge in [-0.15, -0.1) is 0 Å². The maximum atomic E-state index is 12.6. The minimum Gasteiger partial charge on any atom is -0.544 e. The average Bonchev–Trinajstić information content (AvgIpc) is 2.27. The van der Waals surface area contributed by atoms with E-state index < -0.39 is 42.0 Å². The van der Waals surface area contributed by atoms with Crippen molar-refractivity contribution in [3.63, 3.8) is 0 Å². The summed E-state index contributed by atoms with van der Waals surface area (Å²) in [7, 11) is 0. The van der Waals surface area contributed by atoms with Crippen LogP contribution in [0.4, 0.5) is 52.7 Å². The second-order valence-electron chi connectivity index (χ2n) is 3.51. The van der Waals surface area contributed by atoms with Gasteiger partial charge in [-0.2, -0.15) is 43.9 Å². The van der Waals surface area contributed by atoms with Crippen molar-refractivity contribution >= 4 is 5.97 Å². The molecule has 0 amide bonds. The summed E-state index contributed by atoms with van der Waals surface area (Å²) in [6.45, 7) is 0. The van der Waals surface area contributed by atoms with Gasteiger partial charge in [-0.05, 0) is 0 Å². The van der Waals surface area contributed by atoms with Gasteiger partial charge in [-0.1, -0.05) is 0 Å². The molecular formula is C7HF12LiO2. The summed E-state index contributed by atoms with van der Waals surface area (Å²) in [5, 5.41) is 9.57. The van der Waals surface area contributed by atoms with Gasteiger partial charge >= 0.3 is 54.9 Å². The van der Waals surface area contributed by atoms with Crippen molar-refractivity contribution in [2.24, 2.45) is 0 Å². The Bertz CT molecular complexity index is 420. The number of rotatable bonds is 6. The minimum absolute atomic E-state index is 0. The third-order valence-corrected chi connectivity index (χ3v) is 2.13. The van der Waals surface area contributed by atoms with Gasteiger partial charge in [0, 0.05) is 0 Å². The van der Waals surface area contributed by atoms with E-state index in [0.29, 0.717) is 0 Å². The van der Waals surface area contributed by atoms with Gasteiger partial charge in [0.05, 0.1) is 0 Å². The predicted octanol–water partition coefficient (Wildman–Crippen LogP) is -0.818. The van der Waals surface area contributed by atoms with Crippen LogP contribution in [-0.4, -0.2) is 42.0 Å². The molecule has 0 unspecified atom stereocenters. The molecule has 0 radical (unpaired) electrons.